The summed E-state index contributed by atoms with van der Waals surface area (Å²) in [6.45, 7) is 9.28. The molecule has 1 fully saturated rings. The van der Waals surface area contributed by atoms with Crippen LogP contribution in [-0.2, 0) is 16.0 Å². The lowest BCUT2D eigenvalue weighted by molar-refractivity contribution is -0.133. The number of aromatic nitrogens is 2. The van der Waals surface area contributed by atoms with Crippen molar-refractivity contribution in [1.29, 1.82) is 0 Å². The van der Waals surface area contributed by atoms with E-state index < -0.39 is 0 Å². The van der Waals surface area contributed by atoms with Gasteiger partial charge in [-0.2, -0.15) is 5.10 Å². The number of hydrogen-bond donors (Lipinski definition) is 1. The third-order valence-corrected chi connectivity index (χ3v) is 5.33. The van der Waals surface area contributed by atoms with Gasteiger partial charge in [-0.3, -0.25) is 9.69 Å². The predicted octanol–water partition coefficient (Wildman–Crippen LogP) is 1.57. The number of aliphatic hydroxyl groups is 1. The molecule has 0 bridgehead atoms. The van der Waals surface area contributed by atoms with E-state index in [4.69, 9.17) is 9.84 Å². The van der Waals surface area contributed by atoms with Crippen LogP contribution in [0.15, 0.2) is 30.3 Å². The van der Waals surface area contributed by atoms with Crippen molar-refractivity contribution in [1.82, 2.24) is 19.6 Å². The maximum absolute atomic E-state index is 12.6. The Bertz CT molecular complexity index is 780. The summed E-state index contributed by atoms with van der Waals surface area (Å²) in [7, 11) is 0. The molecule has 0 spiro atoms. The average molecular weight is 401 g/mol. The molecule has 1 amide bonds. The number of ether oxygens (including phenoxy) is 1. The molecule has 0 atom stereocenters. The Morgan fingerprint density at radius 2 is 1.83 bits per heavy atom. The van der Waals surface area contributed by atoms with Gasteiger partial charge in [-0.05, 0) is 44.0 Å². The zero-order chi connectivity index (χ0) is 20.6. The van der Waals surface area contributed by atoms with E-state index >= 15 is 0 Å². The molecule has 1 N–H and O–H groups in total. The van der Waals surface area contributed by atoms with Crippen LogP contribution in [-0.4, -0.2) is 83.1 Å². The van der Waals surface area contributed by atoms with Crippen LogP contribution in [0.3, 0.4) is 0 Å². The molecule has 158 valence electrons. The lowest BCUT2D eigenvalue weighted by Gasteiger charge is -2.34. The van der Waals surface area contributed by atoms with Crippen LogP contribution in [0.25, 0.3) is 5.69 Å². The summed E-state index contributed by atoms with van der Waals surface area (Å²) in [4.78, 5) is 16.8. The first-order chi connectivity index (χ1) is 14.1. The van der Waals surface area contributed by atoms with E-state index in [9.17, 15) is 4.79 Å². The van der Waals surface area contributed by atoms with Crippen molar-refractivity contribution in [2.45, 2.75) is 26.7 Å². The molecule has 1 aromatic carbocycles. The summed E-state index contributed by atoms with van der Waals surface area (Å²) in [6.07, 6.45) is 1.30. The molecule has 1 saturated heterocycles. The van der Waals surface area contributed by atoms with E-state index in [2.05, 4.69) is 47.3 Å². The Labute approximate surface area is 172 Å². The first-order valence-electron chi connectivity index (χ1n) is 10.4. The van der Waals surface area contributed by atoms with Crippen molar-refractivity contribution in [3.05, 3.63) is 47.3 Å². The topological polar surface area (TPSA) is 70.8 Å². The van der Waals surface area contributed by atoms with Crippen LogP contribution in [0.2, 0.25) is 0 Å². The summed E-state index contributed by atoms with van der Waals surface area (Å²) in [5.74, 6) is 0.226. The van der Waals surface area contributed by atoms with E-state index in [1.54, 1.807) is 0 Å². The largest absolute Gasteiger partial charge is 0.394 e. The highest BCUT2D eigenvalue weighted by Crippen LogP contribution is 2.14. The molecule has 1 aromatic heterocycles. The highest BCUT2D eigenvalue weighted by Gasteiger charge is 2.20. The zero-order valence-corrected chi connectivity index (χ0v) is 17.5. The maximum atomic E-state index is 12.6. The van der Waals surface area contributed by atoms with Crippen LogP contribution in [0, 0.1) is 13.8 Å². The zero-order valence-electron chi connectivity index (χ0n) is 17.5. The quantitative estimate of drug-likeness (QED) is 0.647. The van der Waals surface area contributed by atoms with Gasteiger partial charge in [0.15, 0.2) is 0 Å². The minimum absolute atomic E-state index is 0.0631. The number of benzene rings is 1. The Morgan fingerprint density at radius 3 is 2.45 bits per heavy atom. The average Bonchev–Trinajstić information content (AvgIpc) is 3.08. The summed E-state index contributed by atoms with van der Waals surface area (Å²) in [6, 6.07) is 10.4. The van der Waals surface area contributed by atoms with Crippen LogP contribution >= 0.6 is 0 Å². The first kappa shape index (κ1) is 21.5. The number of hydrogen-bond acceptors (Lipinski definition) is 5. The molecule has 7 nitrogen and oxygen atoms in total. The molecule has 2 heterocycles. The van der Waals surface area contributed by atoms with E-state index in [0.29, 0.717) is 19.6 Å². The summed E-state index contributed by atoms with van der Waals surface area (Å²) in [5, 5.41) is 13.2. The Morgan fingerprint density at radius 1 is 1.10 bits per heavy atom. The van der Waals surface area contributed by atoms with Gasteiger partial charge in [0.25, 0.3) is 0 Å². The molecule has 0 radical (unpaired) electrons. The number of aryl methyl sites for hydroxylation is 3. The first-order valence-corrected chi connectivity index (χ1v) is 10.4. The third-order valence-electron chi connectivity index (χ3n) is 5.33. The minimum Gasteiger partial charge on any atom is -0.394 e. The van der Waals surface area contributed by atoms with Crippen molar-refractivity contribution in [2.75, 3.05) is 52.5 Å². The summed E-state index contributed by atoms with van der Waals surface area (Å²) in [5.41, 5.74) is 4.34. The second kappa shape index (κ2) is 10.5. The summed E-state index contributed by atoms with van der Waals surface area (Å²) < 4.78 is 7.26. The third kappa shape index (κ3) is 6.13. The fraction of sp³-hybridized carbons (Fsp3) is 0.545. The smallest absolute Gasteiger partial charge is 0.222 e. The molecule has 29 heavy (non-hydrogen) atoms. The minimum atomic E-state index is 0.0631. The van der Waals surface area contributed by atoms with Gasteiger partial charge >= 0.3 is 0 Å². The van der Waals surface area contributed by atoms with Crippen molar-refractivity contribution < 1.29 is 14.6 Å². The molecule has 0 aliphatic carbocycles. The standard InChI is InChI=1S/C22H32N4O3/c1-18-17-19(2)26(23-18)21-6-3-20(4-7-21)5-8-22(28)25-11-9-24(10-12-25)13-15-29-16-14-27/h3-4,6-7,17,27H,5,8-16H2,1-2H3. The van der Waals surface area contributed by atoms with Gasteiger partial charge in [0.1, 0.15) is 0 Å². The van der Waals surface area contributed by atoms with Gasteiger partial charge in [0.05, 0.1) is 31.2 Å². The van der Waals surface area contributed by atoms with Crippen molar-refractivity contribution >= 4 is 5.91 Å². The lowest BCUT2D eigenvalue weighted by Crippen LogP contribution is -2.49. The van der Waals surface area contributed by atoms with Crippen LogP contribution in [0.4, 0.5) is 0 Å². The molecular formula is C22H32N4O3. The van der Waals surface area contributed by atoms with Gasteiger partial charge in [-0.25, -0.2) is 4.68 Å². The number of piperazine rings is 1. The Kier molecular flexibility index (Phi) is 7.80. The number of nitrogens with zero attached hydrogens (tertiary/aromatic N) is 4. The number of aliphatic hydroxyl groups excluding tert-OH is 1. The lowest BCUT2D eigenvalue weighted by atomic mass is 10.1. The Hall–Kier alpha value is -2.22. The maximum Gasteiger partial charge on any atom is 0.222 e. The van der Waals surface area contributed by atoms with E-state index in [-0.39, 0.29) is 12.5 Å². The molecule has 0 saturated carbocycles. The number of carbonyl (C=O) groups excluding carboxylic acids is 1. The second-order valence-electron chi connectivity index (χ2n) is 7.56. The van der Waals surface area contributed by atoms with Crippen LogP contribution in [0.1, 0.15) is 23.4 Å². The number of amides is 1. The second-order valence-corrected chi connectivity index (χ2v) is 7.56. The van der Waals surface area contributed by atoms with Gasteiger partial charge in [0, 0.05) is 44.8 Å². The molecule has 3 rings (SSSR count). The Balaban J connectivity index is 1.41. The van der Waals surface area contributed by atoms with Gasteiger partial charge in [-0.1, -0.05) is 12.1 Å². The molecule has 7 heteroatoms. The van der Waals surface area contributed by atoms with Gasteiger partial charge in [-0.15, -0.1) is 0 Å². The normalized spacial score (nSPS) is 15.1. The van der Waals surface area contributed by atoms with Crippen LogP contribution in [0.5, 0.6) is 0 Å². The fourth-order valence-electron chi connectivity index (χ4n) is 3.68. The molecular weight excluding hydrogens is 368 g/mol. The SMILES string of the molecule is Cc1cc(C)n(-c2ccc(CCC(=O)N3CCN(CCOCCO)CC3)cc2)n1. The van der Waals surface area contributed by atoms with E-state index in [0.717, 1.165) is 56.2 Å². The highest BCUT2D eigenvalue weighted by molar-refractivity contribution is 5.76. The van der Waals surface area contributed by atoms with Crippen molar-refractivity contribution in [3.8, 4) is 5.69 Å². The van der Waals surface area contributed by atoms with Crippen molar-refractivity contribution in [3.63, 3.8) is 0 Å². The molecule has 1 aliphatic rings. The summed E-state index contributed by atoms with van der Waals surface area (Å²) >= 11 is 0. The highest BCUT2D eigenvalue weighted by atomic mass is 16.5. The molecule has 1 aliphatic heterocycles. The fourth-order valence-corrected chi connectivity index (χ4v) is 3.68. The van der Waals surface area contributed by atoms with E-state index in [1.165, 1.54) is 5.56 Å². The molecule has 2 aromatic rings. The van der Waals surface area contributed by atoms with Gasteiger partial charge < -0.3 is 14.7 Å². The monoisotopic (exact) mass is 400 g/mol. The van der Waals surface area contributed by atoms with Crippen molar-refractivity contribution in [2.24, 2.45) is 0 Å². The van der Waals surface area contributed by atoms with Crippen LogP contribution < -0.4 is 0 Å². The molecule has 0 unspecified atom stereocenters. The van der Waals surface area contributed by atoms with E-state index in [1.807, 2.05) is 16.5 Å². The number of rotatable bonds is 9. The predicted molar refractivity (Wildman–Crippen MR) is 112 cm³/mol. The number of carbonyl (C=O) groups is 1. The van der Waals surface area contributed by atoms with Gasteiger partial charge in [0.2, 0.25) is 5.91 Å².